The van der Waals surface area contributed by atoms with E-state index in [2.05, 4.69) is 52.8 Å². The fraction of sp³-hybridized carbons (Fsp3) is 0.714. The van der Waals surface area contributed by atoms with E-state index in [1.165, 1.54) is 22.3 Å². The molecule has 0 fully saturated rings. The van der Waals surface area contributed by atoms with Crippen LogP contribution in [0.15, 0.2) is 46.6 Å². The maximum atomic E-state index is 13.7. The molecule has 0 aliphatic rings. The summed E-state index contributed by atoms with van der Waals surface area (Å²) < 4.78 is 31.6. The number of hydrogen-bond donors (Lipinski definition) is 2. The van der Waals surface area contributed by atoms with Crippen LogP contribution >= 0.6 is 15.0 Å². The van der Waals surface area contributed by atoms with Gasteiger partial charge >= 0.3 is 7.60 Å². The molecule has 0 aromatic heterocycles. The van der Waals surface area contributed by atoms with Crippen LogP contribution < -0.4 is 0 Å². The first-order valence-corrected chi connectivity index (χ1v) is 16.6. The average Bonchev–Trinajstić information content (AvgIpc) is 2.73. The fourth-order valence-corrected chi connectivity index (χ4v) is 9.93. The van der Waals surface area contributed by atoms with Crippen LogP contribution in [0.1, 0.15) is 113 Å². The van der Waals surface area contributed by atoms with Crippen molar-refractivity contribution in [2.24, 2.45) is 0 Å². The van der Waals surface area contributed by atoms with Crippen molar-refractivity contribution in [3.05, 3.63) is 46.6 Å². The van der Waals surface area contributed by atoms with Crippen molar-refractivity contribution in [1.29, 1.82) is 0 Å². The van der Waals surface area contributed by atoms with Gasteiger partial charge in [-0.1, -0.05) is 60.4 Å². The van der Waals surface area contributed by atoms with Crippen molar-refractivity contribution in [2.75, 3.05) is 12.8 Å². The molecule has 0 aromatic carbocycles. The number of hydrogen-bond acceptors (Lipinski definition) is 3. The van der Waals surface area contributed by atoms with Crippen LogP contribution in [0.25, 0.3) is 0 Å². The average molecular weight is 531 g/mol. The standard InChI is InChI=1S/C28H52O5P2/c1-9-28(10-2,35(30,31)32)34(29,33-11-3)23-15-22-27(8)21-14-20-26(7)19-13-18-25(6)17-12-16-24(4)5/h16,18,20,22H,9-15,17,19,21,23H2,1-8H3,(H2,30,31,32). The van der Waals surface area contributed by atoms with Crippen LogP contribution in [-0.4, -0.2) is 27.5 Å². The second-order valence-corrected chi connectivity index (χ2v) is 15.1. The highest BCUT2D eigenvalue weighted by Gasteiger charge is 2.58. The van der Waals surface area contributed by atoms with E-state index in [0.717, 1.165) is 38.5 Å². The molecule has 0 amide bonds. The molecule has 0 aliphatic carbocycles. The molecule has 0 spiro atoms. The van der Waals surface area contributed by atoms with Gasteiger partial charge in [-0.15, -0.1) is 0 Å². The third-order valence-corrected chi connectivity index (χ3v) is 13.6. The molecule has 2 N–H and O–H groups in total. The normalized spacial score (nSPS) is 15.8. The van der Waals surface area contributed by atoms with E-state index < -0.39 is 19.9 Å². The Bertz CT molecular complexity index is 837. The molecule has 0 radical (unpaired) electrons. The monoisotopic (exact) mass is 530 g/mol. The Kier molecular flexibility index (Phi) is 16.6. The zero-order valence-corrected chi connectivity index (χ0v) is 25.4. The molecule has 0 aromatic rings. The summed E-state index contributed by atoms with van der Waals surface area (Å²) in [7, 11) is -8.14. The van der Waals surface area contributed by atoms with Crippen molar-refractivity contribution >= 4 is 15.0 Å². The third-order valence-electron chi connectivity index (χ3n) is 6.72. The SMILES string of the molecule is CCOP(=O)(CCC=C(C)CCC=C(C)CCC=C(C)CCC=C(C)C)C(CC)(CC)P(=O)(O)O. The van der Waals surface area contributed by atoms with Gasteiger partial charge in [0.1, 0.15) is 4.90 Å². The van der Waals surface area contributed by atoms with E-state index in [9.17, 15) is 18.9 Å². The molecule has 35 heavy (non-hydrogen) atoms. The summed E-state index contributed by atoms with van der Waals surface area (Å²) in [6.07, 6.45) is 16.1. The Balaban J connectivity index is 4.85. The van der Waals surface area contributed by atoms with Gasteiger partial charge in [0, 0.05) is 6.16 Å². The zero-order valence-electron chi connectivity index (χ0n) is 23.6. The van der Waals surface area contributed by atoms with E-state index in [0.29, 0.717) is 6.42 Å². The molecule has 5 nitrogen and oxygen atoms in total. The van der Waals surface area contributed by atoms with Gasteiger partial charge in [-0.05, 0) is 99.3 Å². The van der Waals surface area contributed by atoms with E-state index in [-0.39, 0.29) is 25.6 Å². The Labute approximate surface area is 215 Å². The summed E-state index contributed by atoms with van der Waals surface area (Å²) in [5.41, 5.74) is 5.42. The van der Waals surface area contributed by atoms with Crippen molar-refractivity contribution in [2.45, 2.75) is 118 Å². The van der Waals surface area contributed by atoms with Gasteiger partial charge in [-0.2, -0.15) is 0 Å². The van der Waals surface area contributed by atoms with Crippen LogP contribution in [0.5, 0.6) is 0 Å². The molecule has 0 heterocycles. The Morgan fingerprint density at radius 3 is 1.46 bits per heavy atom. The van der Waals surface area contributed by atoms with Crippen LogP contribution in [-0.2, 0) is 13.7 Å². The maximum absolute atomic E-state index is 13.7. The first kappa shape index (κ1) is 34.3. The van der Waals surface area contributed by atoms with Crippen molar-refractivity contribution < 1.29 is 23.4 Å². The smallest absolute Gasteiger partial charge is 0.328 e. The minimum atomic E-state index is -4.60. The Morgan fingerprint density at radius 1 is 0.714 bits per heavy atom. The molecular weight excluding hydrogens is 478 g/mol. The van der Waals surface area contributed by atoms with Gasteiger partial charge in [0.2, 0.25) is 7.37 Å². The lowest BCUT2D eigenvalue weighted by atomic mass is 10.0. The van der Waals surface area contributed by atoms with E-state index in [1.807, 2.05) is 6.08 Å². The second kappa shape index (κ2) is 16.9. The minimum absolute atomic E-state index is 0.127. The van der Waals surface area contributed by atoms with E-state index >= 15 is 0 Å². The van der Waals surface area contributed by atoms with Gasteiger partial charge in [0.15, 0.2) is 0 Å². The van der Waals surface area contributed by atoms with Crippen LogP contribution in [0, 0.1) is 0 Å². The lowest BCUT2D eigenvalue weighted by Gasteiger charge is -2.38. The lowest BCUT2D eigenvalue weighted by molar-refractivity contribution is 0.294. The molecule has 1 atom stereocenters. The third kappa shape index (κ3) is 11.9. The predicted molar refractivity (Wildman–Crippen MR) is 152 cm³/mol. The van der Waals surface area contributed by atoms with E-state index in [4.69, 9.17) is 4.52 Å². The first-order chi connectivity index (χ1) is 16.3. The Morgan fingerprint density at radius 2 is 1.11 bits per heavy atom. The highest BCUT2D eigenvalue weighted by Crippen LogP contribution is 2.76. The topological polar surface area (TPSA) is 83.8 Å². The van der Waals surface area contributed by atoms with Crippen LogP contribution in [0.3, 0.4) is 0 Å². The summed E-state index contributed by atoms with van der Waals surface area (Å²) in [5, 5.41) is 0. The molecule has 0 aliphatic heterocycles. The van der Waals surface area contributed by atoms with Gasteiger partial charge in [0.25, 0.3) is 0 Å². The molecule has 0 saturated carbocycles. The van der Waals surface area contributed by atoms with Crippen LogP contribution in [0.2, 0.25) is 0 Å². The van der Waals surface area contributed by atoms with Crippen molar-refractivity contribution in [1.82, 2.24) is 0 Å². The maximum Gasteiger partial charge on any atom is 0.341 e. The molecule has 204 valence electrons. The fourth-order valence-electron chi connectivity index (χ4n) is 4.41. The van der Waals surface area contributed by atoms with Gasteiger partial charge in [0.05, 0.1) is 6.61 Å². The van der Waals surface area contributed by atoms with Crippen molar-refractivity contribution in [3.63, 3.8) is 0 Å². The summed E-state index contributed by atoms with van der Waals surface area (Å²) in [5.74, 6) is 0. The highest BCUT2D eigenvalue weighted by molar-refractivity contribution is 7.76. The first-order valence-electron chi connectivity index (χ1n) is 13.2. The van der Waals surface area contributed by atoms with Crippen LogP contribution in [0.4, 0.5) is 0 Å². The van der Waals surface area contributed by atoms with Gasteiger partial charge in [-0.3, -0.25) is 9.13 Å². The Hall–Kier alpha value is -0.700. The summed E-state index contributed by atoms with van der Waals surface area (Å²) >= 11 is 0. The summed E-state index contributed by atoms with van der Waals surface area (Å²) in [4.78, 5) is 18.5. The number of rotatable bonds is 18. The highest BCUT2D eigenvalue weighted by atomic mass is 31.2. The quantitative estimate of drug-likeness (QED) is 0.136. The molecule has 1 unspecified atom stereocenters. The van der Waals surface area contributed by atoms with Gasteiger partial charge in [-0.25, -0.2) is 0 Å². The largest absolute Gasteiger partial charge is 0.341 e. The summed E-state index contributed by atoms with van der Waals surface area (Å²) in [6, 6.07) is 0. The minimum Gasteiger partial charge on any atom is -0.328 e. The summed E-state index contributed by atoms with van der Waals surface area (Å²) in [6.45, 7) is 16.0. The molecular formula is C28H52O5P2. The number of allylic oxidation sites excluding steroid dienone is 8. The lowest BCUT2D eigenvalue weighted by Crippen LogP contribution is -2.30. The van der Waals surface area contributed by atoms with Crippen molar-refractivity contribution in [3.8, 4) is 0 Å². The zero-order chi connectivity index (χ0) is 27.1. The molecule has 0 saturated heterocycles. The molecule has 7 heteroatoms. The van der Waals surface area contributed by atoms with Gasteiger partial charge < -0.3 is 14.3 Å². The predicted octanol–water partition coefficient (Wildman–Crippen LogP) is 9.53. The second-order valence-electron chi connectivity index (χ2n) is 9.89. The molecule has 0 rings (SSSR count). The molecule has 0 bridgehead atoms. The van der Waals surface area contributed by atoms with E-state index in [1.54, 1.807) is 20.8 Å².